The zero-order valence-corrected chi connectivity index (χ0v) is 20.0. The van der Waals surface area contributed by atoms with Crippen molar-refractivity contribution >= 4 is 40.2 Å². The molecule has 4 heterocycles. The Morgan fingerprint density at radius 2 is 1.79 bits per heavy atom. The van der Waals surface area contributed by atoms with E-state index in [-0.39, 0.29) is 11.8 Å². The van der Waals surface area contributed by atoms with Crippen LogP contribution in [0.15, 0.2) is 54.1 Å². The Bertz CT molecular complexity index is 1150. The van der Waals surface area contributed by atoms with Crippen LogP contribution in [0, 0.1) is 5.92 Å². The lowest BCUT2D eigenvalue weighted by Gasteiger charge is -2.41. The van der Waals surface area contributed by atoms with E-state index in [0.717, 1.165) is 49.2 Å². The van der Waals surface area contributed by atoms with E-state index in [2.05, 4.69) is 34.3 Å². The standard InChI is InChI=1S/C27H31N3O3S/c31-25(8-7-21-4-3-17-34-21)29-13-11-20(12-14-29)26(27(32)33)30-15-9-19(10-16-30)23-18-28-24-6-2-1-5-22(23)24/h1-8,17-20,26,28H,9-16H2,(H,32,33). The van der Waals surface area contributed by atoms with Crippen molar-refractivity contribution in [1.82, 2.24) is 14.8 Å². The molecular weight excluding hydrogens is 446 g/mol. The Labute approximate surface area is 203 Å². The Balaban J connectivity index is 1.17. The van der Waals surface area contributed by atoms with E-state index < -0.39 is 12.0 Å². The predicted octanol–water partition coefficient (Wildman–Crippen LogP) is 4.81. The maximum Gasteiger partial charge on any atom is 0.321 e. The van der Waals surface area contributed by atoms with Gasteiger partial charge in [-0.1, -0.05) is 24.3 Å². The van der Waals surface area contributed by atoms with Gasteiger partial charge in [0.25, 0.3) is 0 Å². The average molecular weight is 478 g/mol. The van der Waals surface area contributed by atoms with Crippen molar-refractivity contribution in [2.75, 3.05) is 26.2 Å². The number of nitrogens with one attached hydrogen (secondary N) is 1. The van der Waals surface area contributed by atoms with Crippen molar-refractivity contribution in [3.63, 3.8) is 0 Å². The lowest BCUT2D eigenvalue weighted by Crippen LogP contribution is -2.52. The molecule has 178 valence electrons. The number of benzene rings is 1. The van der Waals surface area contributed by atoms with Crippen molar-refractivity contribution in [2.24, 2.45) is 5.92 Å². The van der Waals surface area contributed by atoms with E-state index in [1.54, 1.807) is 17.4 Å². The molecule has 7 heteroatoms. The average Bonchev–Trinajstić information content (AvgIpc) is 3.54. The lowest BCUT2D eigenvalue weighted by atomic mass is 9.84. The molecule has 2 N–H and O–H groups in total. The molecule has 1 atom stereocenters. The molecule has 0 aliphatic carbocycles. The molecule has 5 rings (SSSR count). The minimum Gasteiger partial charge on any atom is -0.480 e. The van der Waals surface area contributed by atoms with Crippen LogP contribution in [0.25, 0.3) is 17.0 Å². The number of aromatic nitrogens is 1. The maximum atomic E-state index is 12.6. The Morgan fingerprint density at radius 3 is 2.50 bits per heavy atom. The molecule has 1 unspecified atom stereocenters. The van der Waals surface area contributed by atoms with Crippen LogP contribution in [-0.2, 0) is 9.59 Å². The number of rotatable bonds is 6. The summed E-state index contributed by atoms with van der Waals surface area (Å²) in [5.74, 6) is -0.185. The van der Waals surface area contributed by atoms with E-state index in [4.69, 9.17) is 0 Å². The molecule has 2 aliphatic rings. The van der Waals surface area contributed by atoms with Gasteiger partial charge >= 0.3 is 5.97 Å². The first-order valence-corrected chi connectivity index (χ1v) is 13.0. The normalized spacial score (nSPS) is 19.7. The molecule has 6 nitrogen and oxygen atoms in total. The summed E-state index contributed by atoms with van der Waals surface area (Å²) in [5, 5.41) is 13.4. The van der Waals surface area contributed by atoms with Gasteiger partial charge in [-0.25, -0.2) is 0 Å². The molecule has 0 radical (unpaired) electrons. The quantitative estimate of drug-likeness (QED) is 0.500. The highest BCUT2D eigenvalue weighted by Gasteiger charge is 2.38. The number of H-pyrrole nitrogens is 1. The molecule has 2 aliphatic heterocycles. The molecular formula is C27H31N3O3S. The summed E-state index contributed by atoms with van der Waals surface area (Å²) in [6.45, 7) is 2.83. The zero-order chi connectivity index (χ0) is 23.5. The van der Waals surface area contributed by atoms with Crippen LogP contribution >= 0.6 is 11.3 Å². The third-order valence-corrected chi connectivity index (χ3v) is 8.31. The highest BCUT2D eigenvalue weighted by atomic mass is 32.1. The van der Waals surface area contributed by atoms with Crippen LogP contribution in [0.2, 0.25) is 0 Å². The van der Waals surface area contributed by atoms with Gasteiger partial charge in [-0.15, -0.1) is 11.3 Å². The molecule has 1 amide bonds. The topological polar surface area (TPSA) is 76.6 Å². The van der Waals surface area contributed by atoms with Gasteiger partial charge in [0.05, 0.1) is 0 Å². The number of fused-ring (bicyclic) bond motifs is 1. The Kier molecular flexibility index (Phi) is 6.83. The van der Waals surface area contributed by atoms with Crippen LogP contribution in [0.3, 0.4) is 0 Å². The second kappa shape index (κ2) is 10.2. The van der Waals surface area contributed by atoms with Gasteiger partial charge in [-0.05, 0) is 79.8 Å². The SMILES string of the molecule is O=C(O)C(C1CCN(C(=O)C=Cc2cccs2)CC1)N1CCC(c2c[nH]c3ccccc23)CC1. The third-order valence-electron chi connectivity index (χ3n) is 7.47. The van der Waals surface area contributed by atoms with Crippen molar-refractivity contribution in [1.29, 1.82) is 0 Å². The summed E-state index contributed by atoms with van der Waals surface area (Å²) >= 11 is 1.60. The van der Waals surface area contributed by atoms with Crippen molar-refractivity contribution in [3.05, 3.63) is 64.5 Å². The van der Waals surface area contributed by atoms with Crippen molar-refractivity contribution < 1.29 is 14.7 Å². The van der Waals surface area contributed by atoms with Crippen molar-refractivity contribution in [2.45, 2.75) is 37.6 Å². The number of likely N-dealkylation sites (tertiary alicyclic amines) is 2. The van der Waals surface area contributed by atoms with Crippen LogP contribution in [-0.4, -0.2) is 64.0 Å². The summed E-state index contributed by atoms with van der Waals surface area (Å²) < 4.78 is 0. The summed E-state index contributed by atoms with van der Waals surface area (Å²) in [5.41, 5.74) is 2.51. The number of nitrogens with zero attached hydrogens (tertiary/aromatic N) is 2. The summed E-state index contributed by atoms with van der Waals surface area (Å²) in [6.07, 6.45) is 9.02. The number of aromatic amines is 1. The number of aliphatic carboxylic acids is 1. The largest absolute Gasteiger partial charge is 0.480 e. The number of amides is 1. The highest BCUT2D eigenvalue weighted by molar-refractivity contribution is 7.10. The monoisotopic (exact) mass is 477 g/mol. The first-order valence-electron chi connectivity index (χ1n) is 12.1. The number of hydrogen-bond acceptors (Lipinski definition) is 4. The molecule has 0 spiro atoms. The molecule has 34 heavy (non-hydrogen) atoms. The smallest absolute Gasteiger partial charge is 0.321 e. The van der Waals surface area contributed by atoms with Gasteiger partial charge in [-0.3, -0.25) is 14.5 Å². The lowest BCUT2D eigenvalue weighted by molar-refractivity contribution is -0.147. The number of carboxylic acids is 1. The van der Waals surface area contributed by atoms with E-state index in [1.165, 1.54) is 10.9 Å². The molecule has 3 aromatic rings. The molecule has 0 bridgehead atoms. The van der Waals surface area contributed by atoms with E-state index in [0.29, 0.717) is 19.0 Å². The summed E-state index contributed by atoms with van der Waals surface area (Å²) in [6, 6.07) is 11.9. The van der Waals surface area contributed by atoms with Crippen LogP contribution < -0.4 is 0 Å². The minimum absolute atomic E-state index is 0.0123. The van der Waals surface area contributed by atoms with E-state index in [1.807, 2.05) is 34.6 Å². The van der Waals surface area contributed by atoms with Crippen LogP contribution in [0.5, 0.6) is 0 Å². The van der Waals surface area contributed by atoms with Gasteiger partial charge in [0.2, 0.25) is 5.91 Å². The van der Waals surface area contributed by atoms with Crippen molar-refractivity contribution in [3.8, 4) is 0 Å². The third kappa shape index (κ3) is 4.81. The fraction of sp³-hybridized carbons (Fsp3) is 0.407. The minimum atomic E-state index is -0.729. The molecule has 2 fully saturated rings. The first-order chi connectivity index (χ1) is 16.6. The maximum absolute atomic E-state index is 12.6. The molecule has 1 aromatic carbocycles. The number of carboxylic acid groups (broad SMARTS) is 1. The first kappa shape index (κ1) is 22.9. The number of carbonyl (C=O) groups is 2. The van der Waals surface area contributed by atoms with E-state index in [9.17, 15) is 14.7 Å². The number of piperidine rings is 2. The van der Waals surface area contributed by atoms with Gasteiger partial charge in [0.1, 0.15) is 6.04 Å². The van der Waals surface area contributed by atoms with Gasteiger partial charge in [0.15, 0.2) is 0 Å². The summed E-state index contributed by atoms with van der Waals surface area (Å²) in [7, 11) is 0. The molecule has 0 saturated carbocycles. The number of para-hydroxylation sites is 1. The fourth-order valence-corrected chi connectivity index (χ4v) is 6.27. The number of thiophene rings is 1. The van der Waals surface area contributed by atoms with Crippen LogP contribution in [0.1, 0.15) is 42.0 Å². The van der Waals surface area contributed by atoms with Crippen LogP contribution in [0.4, 0.5) is 0 Å². The zero-order valence-electron chi connectivity index (χ0n) is 19.2. The molecule has 2 aromatic heterocycles. The second-order valence-corrected chi connectivity index (χ2v) is 10.4. The number of carbonyl (C=O) groups excluding carboxylic acids is 1. The fourth-order valence-electron chi connectivity index (χ4n) is 5.66. The second-order valence-electron chi connectivity index (χ2n) is 9.39. The van der Waals surface area contributed by atoms with Gasteiger partial charge < -0.3 is 15.0 Å². The predicted molar refractivity (Wildman–Crippen MR) is 136 cm³/mol. The molecule has 2 saturated heterocycles. The number of hydrogen-bond donors (Lipinski definition) is 2. The van der Waals surface area contributed by atoms with E-state index >= 15 is 0 Å². The van der Waals surface area contributed by atoms with Gasteiger partial charge in [0, 0.05) is 41.1 Å². The van der Waals surface area contributed by atoms with Gasteiger partial charge in [-0.2, -0.15) is 0 Å². The Hall–Kier alpha value is -2.90. The highest BCUT2D eigenvalue weighted by Crippen LogP contribution is 2.35. The summed E-state index contributed by atoms with van der Waals surface area (Å²) in [4.78, 5) is 33.3. The Morgan fingerprint density at radius 1 is 1.03 bits per heavy atom.